The number of halogens is 2. The predicted octanol–water partition coefficient (Wildman–Crippen LogP) is 6.09. The number of aromatic nitrogens is 3. The molecule has 0 fully saturated rings. The molecule has 0 radical (unpaired) electrons. The van der Waals surface area contributed by atoms with Gasteiger partial charge in [-0.3, -0.25) is 19.7 Å². The van der Waals surface area contributed by atoms with Crippen LogP contribution >= 0.6 is 23.2 Å². The maximum Gasteiger partial charge on any atom is 0.254 e. The zero-order chi connectivity index (χ0) is 25.8. The van der Waals surface area contributed by atoms with Crippen molar-refractivity contribution in [3.05, 3.63) is 111 Å². The number of oxazole rings is 1. The molecule has 3 aromatic heterocycles. The van der Waals surface area contributed by atoms with Gasteiger partial charge >= 0.3 is 0 Å². The molecule has 1 unspecified atom stereocenters. The number of hydrogen-bond acceptors (Lipinski definition) is 6. The summed E-state index contributed by atoms with van der Waals surface area (Å²) in [6.45, 7) is 3.54. The number of hydrogen-bond donors (Lipinski definition) is 1. The lowest BCUT2D eigenvalue weighted by Crippen LogP contribution is -2.31. The standard InChI is InChI=1S/C28H27Cl2N5O2/c1-18-17-37-25(34-18)16-35(24-9-3-7-21-8-4-10-32-27(21)24)15-20-6-2-5-19(11-20)12-33-28(36)26-22(29)13-31-14-23(26)30/h2,4-6,8,10-11,13-14,17,24H,3,7,9,12,15-16H2,1H3,(H,33,36). The van der Waals surface area contributed by atoms with Gasteiger partial charge in [0.05, 0.1) is 39.6 Å². The molecule has 5 rings (SSSR count). The molecule has 0 saturated carbocycles. The number of pyridine rings is 2. The van der Waals surface area contributed by atoms with Gasteiger partial charge in [0.15, 0.2) is 0 Å². The van der Waals surface area contributed by atoms with Crippen LogP contribution in [0.15, 0.2) is 65.7 Å². The van der Waals surface area contributed by atoms with Crippen LogP contribution in [0.5, 0.6) is 0 Å². The van der Waals surface area contributed by atoms with Crippen molar-refractivity contribution < 1.29 is 9.21 Å². The summed E-state index contributed by atoms with van der Waals surface area (Å²) in [4.78, 5) is 28.3. The van der Waals surface area contributed by atoms with Gasteiger partial charge in [0.1, 0.15) is 6.26 Å². The van der Waals surface area contributed by atoms with Crippen molar-refractivity contribution in [1.82, 2.24) is 25.2 Å². The maximum absolute atomic E-state index is 12.7. The van der Waals surface area contributed by atoms with Crippen molar-refractivity contribution in [2.45, 2.75) is 51.9 Å². The van der Waals surface area contributed by atoms with Gasteiger partial charge in [-0.15, -0.1) is 0 Å². The number of amides is 1. The van der Waals surface area contributed by atoms with Crippen LogP contribution in [0.2, 0.25) is 10.0 Å². The van der Waals surface area contributed by atoms with E-state index in [0.717, 1.165) is 41.8 Å². The van der Waals surface area contributed by atoms with E-state index in [9.17, 15) is 4.79 Å². The highest BCUT2D eigenvalue weighted by Crippen LogP contribution is 2.34. The molecule has 1 aliphatic carbocycles. The second-order valence-electron chi connectivity index (χ2n) is 9.22. The first-order valence-electron chi connectivity index (χ1n) is 12.2. The highest BCUT2D eigenvalue weighted by molar-refractivity contribution is 6.39. The van der Waals surface area contributed by atoms with Crippen LogP contribution < -0.4 is 5.32 Å². The van der Waals surface area contributed by atoms with E-state index >= 15 is 0 Å². The first-order valence-corrected chi connectivity index (χ1v) is 13.0. The lowest BCUT2D eigenvalue weighted by Gasteiger charge is -2.34. The second kappa shape index (κ2) is 11.4. The minimum Gasteiger partial charge on any atom is -0.447 e. The summed E-state index contributed by atoms with van der Waals surface area (Å²) in [5, 5.41) is 3.35. The van der Waals surface area contributed by atoms with Crippen LogP contribution in [0.25, 0.3) is 0 Å². The monoisotopic (exact) mass is 535 g/mol. The Bertz CT molecular complexity index is 1390. The van der Waals surface area contributed by atoms with Crippen LogP contribution in [0.3, 0.4) is 0 Å². The molecule has 0 spiro atoms. The Hall–Kier alpha value is -3.26. The van der Waals surface area contributed by atoms with Crippen molar-refractivity contribution in [3.8, 4) is 0 Å². The van der Waals surface area contributed by atoms with Crippen LogP contribution in [0.1, 0.15) is 63.2 Å². The molecule has 0 saturated heterocycles. The summed E-state index contributed by atoms with van der Waals surface area (Å²) in [6, 6.07) is 12.5. The maximum atomic E-state index is 12.7. The highest BCUT2D eigenvalue weighted by atomic mass is 35.5. The number of aryl methyl sites for hydroxylation is 2. The minimum atomic E-state index is -0.339. The van der Waals surface area contributed by atoms with Gasteiger partial charge in [0.2, 0.25) is 5.89 Å². The van der Waals surface area contributed by atoms with Gasteiger partial charge in [-0.05, 0) is 48.9 Å². The summed E-state index contributed by atoms with van der Waals surface area (Å²) in [7, 11) is 0. The molecular formula is C28H27Cl2N5O2. The molecule has 37 heavy (non-hydrogen) atoms. The SMILES string of the molecule is Cc1coc(CN(Cc2cccc(CNC(=O)c3c(Cl)cncc3Cl)c2)C2CCCc3cccnc32)n1. The molecule has 1 atom stereocenters. The van der Waals surface area contributed by atoms with Gasteiger partial charge in [0.25, 0.3) is 5.91 Å². The molecule has 1 aromatic carbocycles. The number of nitrogens with one attached hydrogen (secondary N) is 1. The van der Waals surface area contributed by atoms with Crippen LogP contribution in [-0.2, 0) is 26.1 Å². The third-order valence-corrected chi connectivity index (χ3v) is 7.09. The van der Waals surface area contributed by atoms with Crippen LogP contribution in [0, 0.1) is 6.92 Å². The molecule has 7 nitrogen and oxygen atoms in total. The molecule has 0 bridgehead atoms. The summed E-state index contributed by atoms with van der Waals surface area (Å²) < 4.78 is 5.71. The molecule has 0 aliphatic heterocycles. The third kappa shape index (κ3) is 6.01. The summed E-state index contributed by atoms with van der Waals surface area (Å²) in [6.07, 6.45) is 9.55. The van der Waals surface area contributed by atoms with E-state index in [2.05, 4.69) is 38.4 Å². The van der Waals surface area contributed by atoms with Gasteiger partial charge in [-0.2, -0.15) is 0 Å². The largest absolute Gasteiger partial charge is 0.447 e. The van der Waals surface area contributed by atoms with E-state index in [4.69, 9.17) is 32.6 Å². The molecule has 1 N–H and O–H groups in total. The number of carbonyl (C=O) groups is 1. The summed E-state index contributed by atoms with van der Waals surface area (Å²) in [5.74, 6) is 0.351. The first kappa shape index (κ1) is 25.4. The van der Waals surface area contributed by atoms with Gasteiger partial charge in [-0.25, -0.2) is 4.98 Å². The first-order chi connectivity index (χ1) is 18.0. The Morgan fingerprint density at radius 2 is 1.95 bits per heavy atom. The van der Waals surface area contributed by atoms with E-state index in [1.165, 1.54) is 18.0 Å². The second-order valence-corrected chi connectivity index (χ2v) is 10.0. The highest BCUT2D eigenvalue weighted by Gasteiger charge is 2.28. The normalized spacial score (nSPS) is 15.0. The summed E-state index contributed by atoms with van der Waals surface area (Å²) >= 11 is 12.3. The molecule has 9 heteroatoms. The minimum absolute atomic E-state index is 0.163. The van der Waals surface area contributed by atoms with Crippen LogP contribution in [0.4, 0.5) is 0 Å². The zero-order valence-corrected chi connectivity index (χ0v) is 22.0. The smallest absolute Gasteiger partial charge is 0.254 e. The van der Waals surface area contributed by atoms with Crippen molar-refractivity contribution in [1.29, 1.82) is 0 Å². The van der Waals surface area contributed by atoms with Gasteiger partial charge in [-0.1, -0.05) is 53.5 Å². The lowest BCUT2D eigenvalue weighted by molar-refractivity contribution is 0.0951. The van der Waals surface area contributed by atoms with Crippen LogP contribution in [-0.4, -0.2) is 25.8 Å². The molecule has 3 heterocycles. The van der Waals surface area contributed by atoms with E-state index < -0.39 is 0 Å². The molecule has 190 valence electrons. The Morgan fingerprint density at radius 1 is 1.14 bits per heavy atom. The van der Waals surface area contributed by atoms with E-state index in [-0.39, 0.29) is 27.6 Å². The molecule has 4 aromatic rings. The van der Waals surface area contributed by atoms with Crippen molar-refractivity contribution in [3.63, 3.8) is 0 Å². The number of nitrogens with zero attached hydrogens (tertiary/aromatic N) is 4. The zero-order valence-electron chi connectivity index (χ0n) is 20.5. The fourth-order valence-electron chi connectivity index (χ4n) is 4.84. The Labute approximate surface area is 225 Å². The van der Waals surface area contributed by atoms with Crippen molar-refractivity contribution >= 4 is 29.1 Å². The lowest BCUT2D eigenvalue weighted by atomic mass is 9.90. The predicted molar refractivity (Wildman–Crippen MR) is 142 cm³/mol. The Balaban J connectivity index is 1.35. The number of fused-ring (bicyclic) bond motifs is 1. The van der Waals surface area contributed by atoms with E-state index in [0.29, 0.717) is 25.5 Å². The Morgan fingerprint density at radius 3 is 2.73 bits per heavy atom. The van der Waals surface area contributed by atoms with Crippen molar-refractivity contribution in [2.24, 2.45) is 0 Å². The number of benzene rings is 1. The average molecular weight is 536 g/mol. The topological polar surface area (TPSA) is 84.2 Å². The quantitative estimate of drug-likeness (QED) is 0.294. The van der Waals surface area contributed by atoms with Crippen molar-refractivity contribution in [2.75, 3.05) is 0 Å². The number of rotatable bonds is 8. The summed E-state index contributed by atoms with van der Waals surface area (Å²) in [5.41, 5.74) is 5.62. The fourth-order valence-corrected chi connectivity index (χ4v) is 5.37. The third-order valence-electron chi connectivity index (χ3n) is 6.52. The van der Waals surface area contributed by atoms with Gasteiger partial charge < -0.3 is 9.73 Å². The molecule has 1 aliphatic rings. The molecule has 1 amide bonds. The Kier molecular flexibility index (Phi) is 7.84. The van der Waals surface area contributed by atoms with E-state index in [1.807, 2.05) is 31.3 Å². The van der Waals surface area contributed by atoms with E-state index in [1.54, 1.807) is 6.26 Å². The fraction of sp³-hybridized carbons (Fsp3) is 0.286. The number of carbonyl (C=O) groups excluding carboxylic acids is 1. The average Bonchev–Trinajstić information content (AvgIpc) is 3.31. The van der Waals surface area contributed by atoms with Gasteiger partial charge in [0, 0.05) is 31.7 Å². The molecular weight excluding hydrogens is 509 g/mol.